The third-order valence-electron chi connectivity index (χ3n) is 3.12. The highest BCUT2D eigenvalue weighted by atomic mass is 32.1. The van der Waals surface area contributed by atoms with Gasteiger partial charge in [-0.05, 0) is 45.8 Å². The van der Waals surface area contributed by atoms with E-state index in [9.17, 15) is 0 Å². The maximum absolute atomic E-state index is 4.54. The predicted octanol–water partition coefficient (Wildman–Crippen LogP) is 1.88. The van der Waals surface area contributed by atoms with Crippen LogP contribution in [0.25, 0.3) is 0 Å². The Bertz CT molecular complexity index is 322. The Morgan fingerprint density at radius 2 is 2.50 bits per heavy atom. The molecule has 2 rings (SSSR count). The SMILES string of the molecule is CNCC1CCCN(Cc2nc(C)cs2)C1. The van der Waals surface area contributed by atoms with Crippen LogP contribution in [0.15, 0.2) is 5.38 Å². The largest absolute Gasteiger partial charge is 0.319 e. The molecule has 1 saturated heterocycles. The minimum Gasteiger partial charge on any atom is -0.319 e. The lowest BCUT2D eigenvalue weighted by Crippen LogP contribution is -2.38. The molecule has 3 nitrogen and oxygen atoms in total. The van der Waals surface area contributed by atoms with Crippen LogP contribution in [0.5, 0.6) is 0 Å². The van der Waals surface area contributed by atoms with Crippen molar-refractivity contribution in [1.82, 2.24) is 15.2 Å². The Kier molecular flexibility index (Phi) is 4.32. The smallest absolute Gasteiger partial charge is 0.107 e. The number of rotatable bonds is 4. The third kappa shape index (κ3) is 3.27. The van der Waals surface area contributed by atoms with Gasteiger partial charge in [-0.3, -0.25) is 4.90 Å². The average Bonchev–Trinajstić information content (AvgIpc) is 2.65. The van der Waals surface area contributed by atoms with Crippen molar-refractivity contribution in [3.8, 4) is 0 Å². The van der Waals surface area contributed by atoms with Crippen LogP contribution in [-0.4, -0.2) is 36.6 Å². The molecule has 1 aromatic heterocycles. The monoisotopic (exact) mass is 239 g/mol. The fraction of sp³-hybridized carbons (Fsp3) is 0.750. The van der Waals surface area contributed by atoms with Crippen molar-refractivity contribution in [2.24, 2.45) is 5.92 Å². The van der Waals surface area contributed by atoms with Gasteiger partial charge in [-0.1, -0.05) is 0 Å². The van der Waals surface area contributed by atoms with E-state index in [1.54, 1.807) is 11.3 Å². The van der Waals surface area contributed by atoms with Crippen LogP contribution in [0.1, 0.15) is 23.5 Å². The normalized spacial score (nSPS) is 22.5. The fourth-order valence-electron chi connectivity index (χ4n) is 2.42. The lowest BCUT2D eigenvalue weighted by Gasteiger charge is -2.31. The summed E-state index contributed by atoms with van der Waals surface area (Å²) >= 11 is 1.79. The highest BCUT2D eigenvalue weighted by Gasteiger charge is 2.19. The zero-order valence-electron chi connectivity index (χ0n) is 10.2. The van der Waals surface area contributed by atoms with Gasteiger partial charge >= 0.3 is 0 Å². The quantitative estimate of drug-likeness (QED) is 0.869. The molecular formula is C12H21N3S. The van der Waals surface area contributed by atoms with Crippen LogP contribution in [0.3, 0.4) is 0 Å². The molecule has 2 heterocycles. The van der Waals surface area contributed by atoms with Gasteiger partial charge in [0.2, 0.25) is 0 Å². The molecule has 0 saturated carbocycles. The van der Waals surface area contributed by atoms with Crippen LogP contribution in [0.4, 0.5) is 0 Å². The number of hydrogen-bond acceptors (Lipinski definition) is 4. The predicted molar refractivity (Wildman–Crippen MR) is 68.8 cm³/mol. The number of thiazole rings is 1. The molecule has 1 aliphatic rings. The van der Waals surface area contributed by atoms with Crippen LogP contribution < -0.4 is 5.32 Å². The summed E-state index contributed by atoms with van der Waals surface area (Å²) in [5.41, 5.74) is 1.16. The van der Waals surface area contributed by atoms with Gasteiger partial charge in [0.05, 0.1) is 6.54 Å². The summed E-state index contributed by atoms with van der Waals surface area (Å²) in [4.78, 5) is 7.08. The van der Waals surface area contributed by atoms with Gasteiger partial charge in [0.15, 0.2) is 0 Å². The molecule has 16 heavy (non-hydrogen) atoms. The van der Waals surface area contributed by atoms with Gasteiger partial charge in [0.25, 0.3) is 0 Å². The van der Waals surface area contributed by atoms with Crippen LogP contribution in [0, 0.1) is 12.8 Å². The van der Waals surface area contributed by atoms with Crippen molar-refractivity contribution in [2.45, 2.75) is 26.3 Å². The van der Waals surface area contributed by atoms with Crippen molar-refractivity contribution < 1.29 is 0 Å². The second kappa shape index (κ2) is 5.75. The molecular weight excluding hydrogens is 218 g/mol. The molecule has 90 valence electrons. The molecule has 0 amide bonds. The van der Waals surface area contributed by atoms with E-state index in [2.05, 4.69) is 27.5 Å². The standard InChI is InChI=1S/C12H21N3S/c1-10-9-16-12(14-10)8-15-5-3-4-11(7-15)6-13-2/h9,11,13H,3-8H2,1-2H3. The van der Waals surface area contributed by atoms with Crippen LogP contribution >= 0.6 is 11.3 Å². The second-order valence-electron chi connectivity index (χ2n) is 4.68. The highest BCUT2D eigenvalue weighted by Crippen LogP contribution is 2.19. The first-order valence-electron chi connectivity index (χ1n) is 6.06. The van der Waals surface area contributed by atoms with Gasteiger partial charge in [-0.2, -0.15) is 0 Å². The van der Waals surface area contributed by atoms with Gasteiger partial charge in [0.1, 0.15) is 5.01 Å². The topological polar surface area (TPSA) is 28.2 Å². The van der Waals surface area contributed by atoms with E-state index in [1.165, 1.54) is 30.9 Å². The maximum Gasteiger partial charge on any atom is 0.107 e. The molecule has 0 aliphatic carbocycles. The first-order chi connectivity index (χ1) is 7.78. The summed E-state index contributed by atoms with van der Waals surface area (Å²) in [5.74, 6) is 0.819. The van der Waals surface area contributed by atoms with Crippen LogP contribution in [-0.2, 0) is 6.54 Å². The molecule has 1 N–H and O–H groups in total. The summed E-state index contributed by atoms with van der Waals surface area (Å²) < 4.78 is 0. The Balaban J connectivity index is 1.85. The fourth-order valence-corrected chi connectivity index (χ4v) is 3.23. The zero-order valence-corrected chi connectivity index (χ0v) is 11.0. The number of aromatic nitrogens is 1. The maximum atomic E-state index is 4.54. The molecule has 1 atom stereocenters. The van der Waals surface area contributed by atoms with Crippen LogP contribution in [0.2, 0.25) is 0 Å². The number of hydrogen-bond donors (Lipinski definition) is 1. The number of aryl methyl sites for hydroxylation is 1. The minimum atomic E-state index is 0.819. The Hall–Kier alpha value is -0.450. The summed E-state index contributed by atoms with van der Waals surface area (Å²) in [6.45, 7) is 6.71. The Labute approximate surface area is 102 Å². The van der Waals surface area contributed by atoms with E-state index in [0.29, 0.717) is 0 Å². The van der Waals surface area contributed by atoms with Gasteiger partial charge in [-0.15, -0.1) is 11.3 Å². The van der Waals surface area contributed by atoms with Crippen molar-refractivity contribution >= 4 is 11.3 Å². The minimum absolute atomic E-state index is 0.819. The first-order valence-corrected chi connectivity index (χ1v) is 6.94. The van der Waals surface area contributed by atoms with Crippen molar-refractivity contribution in [3.05, 3.63) is 16.1 Å². The van der Waals surface area contributed by atoms with Gasteiger partial charge in [-0.25, -0.2) is 4.98 Å². The summed E-state index contributed by atoms with van der Waals surface area (Å²) in [5, 5.41) is 6.70. The highest BCUT2D eigenvalue weighted by molar-refractivity contribution is 7.09. The van der Waals surface area contributed by atoms with E-state index in [-0.39, 0.29) is 0 Å². The number of likely N-dealkylation sites (tertiary alicyclic amines) is 1. The lowest BCUT2D eigenvalue weighted by atomic mass is 9.98. The zero-order chi connectivity index (χ0) is 11.4. The Morgan fingerprint density at radius 3 is 3.19 bits per heavy atom. The molecule has 1 unspecified atom stereocenters. The molecule has 1 fully saturated rings. The van der Waals surface area contributed by atoms with E-state index >= 15 is 0 Å². The van der Waals surface area contributed by atoms with Crippen molar-refractivity contribution in [2.75, 3.05) is 26.7 Å². The van der Waals surface area contributed by atoms with E-state index in [1.807, 2.05) is 7.05 Å². The molecule has 0 aromatic carbocycles. The molecule has 0 bridgehead atoms. The molecule has 4 heteroatoms. The van der Waals surface area contributed by atoms with Gasteiger partial charge in [0, 0.05) is 17.6 Å². The molecule has 1 aromatic rings. The Morgan fingerprint density at radius 1 is 1.62 bits per heavy atom. The molecule has 0 radical (unpaired) electrons. The van der Waals surface area contributed by atoms with E-state index in [0.717, 1.165) is 24.7 Å². The summed E-state index contributed by atoms with van der Waals surface area (Å²) in [7, 11) is 2.04. The number of nitrogens with one attached hydrogen (secondary N) is 1. The lowest BCUT2D eigenvalue weighted by molar-refractivity contribution is 0.166. The first kappa shape index (κ1) is 12.0. The van der Waals surface area contributed by atoms with E-state index in [4.69, 9.17) is 0 Å². The number of nitrogens with zero attached hydrogens (tertiary/aromatic N) is 2. The summed E-state index contributed by atoms with van der Waals surface area (Å²) in [6.07, 6.45) is 2.70. The van der Waals surface area contributed by atoms with Crippen molar-refractivity contribution in [1.29, 1.82) is 0 Å². The second-order valence-corrected chi connectivity index (χ2v) is 5.63. The third-order valence-corrected chi connectivity index (χ3v) is 4.07. The molecule has 0 spiro atoms. The molecule has 1 aliphatic heterocycles. The number of piperidine rings is 1. The average molecular weight is 239 g/mol. The van der Waals surface area contributed by atoms with E-state index < -0.39 is 0 Å². The summed E-state index contributed by atoms with van der Waals surface area (Å²) in [6, 6.07) is 0. The van der Waals surface area contributed by atoms with Gasteiger partial charge < -0.3 is 5.32 Å². The van der Waals surface area contributed by atoms with Crippen molar-refractivity contribution in [3.63, 3.8) is 0 Å².